The van der Waals surface area contributed by atoms with E-state index < -0.39 is 34.4 Å². The number of hydrogen-bond donors (Lipinski definition) is 2. The molecule has 2 N–H and O–H groups in total. The minimum Gasteiger partial charge on any atom is -0.497 e. The van der Waals surface area contributed by atoms with E-state index in [0.717, 1.165) is 12.0 Å². The maximum Gasteiger partial charge on any atom is 0.407 e. The maximum atomic E-state index is 13.5. The van der Waals surface area contributed by atoms with Gasteiger partial charge >= 0.3 is 6.09 Å². The fourth-order valence-electron chi connectivity index (χ4n) is 5.44. The van der Waals surface area contributed by atoms with Crippen LogP contribution >= 0.6 is 0 Å². The zero-order chi connectivity index (χ0) is 26.9. The van der Waals surface area contributed by atoms with Crippen molar-refractivity contribution in [1.82, 2.24) is 9.62 Å². The van der Waals surface area contributed by atoms with Crippen LogP contribution in [0.15, 0.2) is 53.4 Å². The topological polar surface area (TPSA) is 124 Å². The van der Waals surface area contributed by atoms with Crippen LogP contribution in [0.3, 0.4) is 0 Å². The Morgan fingerprint density at radius 3 is 2.76 bits per heavy atom. The van der Waals surface area contributed by atoms with Gasteiger partial charge in [-0.1, -0.05) is 37.3 Å². The van der Waals surface area contributed by atoms with E-state index in [0.29, 0.717) is 24.3 Å². The number of hydrogen-bond acceptors (Lipinski definition) is 8. The molecule has 3 aliphatic rings. The normalized spacial score (nSPS) is 27.7. The molecule has 0 bridgehead atoms. The van der Waals surface area contributed by atoms with Crippen LogP contribution in [0.2, 0.25) is 0 Å². The number of benzene rings is 2. The number of sulfonamides is 1. The molecule has 11 heteroatoms. The van der Waals surface area contributed by atoms with Crippen molar-refractivity contribution in [2.24, 2.45) is 5.92 Å². The standard InChI is InChI=1S/C27H34N2O8S/c1-17-14-29(38(32,33)25-9-8-19(34-2)13-21(17)25)15-23(30)22(12-18-6-4-3-5-7-18)28-27(31)37-24-16-36-26-20(24)10-11-35-26/h3-9,13,17,20,22-24,26,30H,10-12,14-16H2,1-2H3,(H,28,31). The number of amides is 1. The van der Waals surface area contributed by atoms with Crippen LogP contribution in [-0.2, 0) is 30.7 Å². The third-order valence-electron chi connectivity index (χ3n) is 7.54. The summed E-state index contributed by atoms with van der Waals surface area (Å²) >= 11 is 0. The predicted molar refractivity (Wildman–Crippen MR) is 137 cm³/mol. The summed E-state index contributed by atoms with van der Waals surface area (Å²) in [7, 11) is -2.32. The SMILES string of the molecule is COc1ccc2c(c1)C(C)CN(CC(O)C(Cc1ccccc1)NC(=O)OC1COC3OCCC13)S2(=O)=O. The molecule has 0 saturated carbocycles. The Labute approximate surface area is 222 Å². The molecule has 0 aromatic heterocycles. The van der Waals surface area contributed by atoms with Gasteiger partial charge in [-0.05, 0) is 48.1 Å². The van der Waals surface area contributed by atoms with E-state index in [1.807, 2.05) is 37.3 Å². The van der Waals surface area contributed by atoms with Gasteiger partial charge in [-0.25, -0.2) is 13.2 Å². The molecule has 10 nitrogen and oxygen atoms in total. The summed E-state index contributed by atoms with van der Waals surface area (Å²) in [5.41, 5.74) is 1.57. The van der Waals surface area contributed by atoms with Gasteiger partial charge in [-0.3, -0.25) is 0 Å². The zero-order valence-corrected chi connectivity index (χ0v) is 22.3. The number of ether oxygens (including phenoxy) is 4. The lowest BCUT2D eigenvalue weighted by molar-refractivity contribution is -0.0907. The van der Waals surface area contributed by atoms with Crippen molar-refractivity contribution < 1.29 is 37.3 Å². The number of carbonyl (C=O) groups excluding carboxylic acids is 1. The highest BCUT2D eigenvalue weighted by atomic mass is 32.2. The summed E-state index contributed by atoms with van der Waals surface area (Å²) in [4.78, 5) is 13.1. The molecule has 2 aromatic rings. The third kappa shape index (κ3) is 5.52. The fourth-order valence-corrected chi connectivity index (χ4v) is 7.29. The van der Waals surface area contributed by atoms with Crippen LogP contribution in [0, 0.1) is 5.92 Å². The first-order valence-electron chi connectivity index (χ1n) is 12.9. The smallest absolute Gasteiger partial charge is 0.407 e. The lowest BCUT2D eigenvalue weighted by Crippen LogP contribution is -2.52. The molecule has 2 saturated heterocycles. The number of nitrogens with one attached hydrogen (secondary N) is 1. The zero-order valence-electron chi connectivity index (χ0n) is 21.5. The number of aliphatic hydroxyl groups is 1. The number of nitrogens with zero attached hydrogens (tertiary/aromatic N) is 1. The average molecular weight is 547 g/mol. The molecular formula is C27H34N2O8S. The number of carbonyl (C=O) groups is 1. The van der Waals surface area contributed by atoms with Crippen LogP contribution in [0.1, 0.15) is 30.4 Å². The Morgan fingerprint density at radius 2 is 2.00 bits per heavy atom. The van der Waals surface area contributed by atoms with Crippen molar-refractivity contribution in [3.63, 3.8) is 0 Å². The van der Waals surface area contributed by atoms with Gasteiger partial charge in [-0.2, -0.15) is 4.31 Å². The van der Waals surface area contributed by atoms with Crippen molar-refractivity contribution in [2.75, 3.05) is 33.4 Å². The predicted octanol–water partition coefficient (Wildman–Crippen LogP) is 2.26. The van der Waals surface area contributed by atoms with Gasteiger partial charge in [0.1, 0.15) is 11.9 Å². The van der Waals surface area contributed by atoms with Gasteiger partial charge in [0.15, 0.2) is 6.29 Å². The van der Waals surface area contributed by atoms with Crippen molar-refractivity contribution in [3.8, 4) is 5.75 Å². The Hall–Kier alpha value is -2.70. The number of alkyl carbamates (subject to hydrolysis) is 1. The van der Waals surface area contributed by atoms with E-state index >= 15 is 0 Å². The van der Waals surface area contributed by atoms with Gasteiger partial charge in [0.25, 0.3) is 0 Å². The molecule has 3 aliphatic heterocycles. The highest BCUT2D eigenvalue weighted by Gasteiger charge is 2.44. The van der Waals surface area contributed by atoms with Crippen LogP contribution < -0.4 is 10.1 Å². The fraction of sp³-hybridized carbons (Fsp3) is 0.519. The molecule has 206 valence electrons. The van der Waals surface area contributed by atoms with Gasteiger partial charge < -0.3 is 29.4 Å². The third-order valence-corrected chi connectivity index (χ3v) is 9.45. The number of fused-ring (bicyclic) bond motifs is 2. The summed E-state index contributed by atoms with van der Waals surface area (Å²) in [6, 6.07) is 13.5. The van der Waals surface area contributed by atoms with E-state index in [1.165, 1.54) is 11.4 Å². The molecule has 5 rings (SSSR count). The minimum absolute atomic E-state index is 0.0167. The lowest BCUT2D eigenvalue weighted by Gasteiger charge is -2.35. The molecular weight excluding hydrogens is 512 g/mol. The monoisotopic (exact) mass is 546 g/mol. The van der Waals surface area contributed by atoms with Gasteiger partial charge in [0.05, 0.1) is 43.3 Å². The second kappa shape index (κ2) is 11.2. The first-order valence-corrected chi connectivity index (χ1v) is 14.3. The van der Waals surface area contributed by atoms with Crippen molar-refractivity contribution in [2.45, 2.75) is 55.1 Å². The molecule has 2 fully saturated rings. The average Bonchev–Trinajstić information content (AvgIpc) is 3.52. The Morgan fingerprint density at radius 1 is 1.21 bits per heavy atom. The molecule has 38 heavy (non-hydrogen) atoms. The maximum absolute atomic E-state index is 13.5. The van der Waals surface area contributed by atoms with Gasteiger partial charge in [-0.15, -0.1) is 0 Å². The van der Waals surface area contributed by atoms with Crippen LogP contribution in [0.25, 0.3) is 0 Å². The lowest BCUT2D eigenvalue weighted by atomic mass is 9.99. The summed E-state index contributed by atoms with van der Waals surface area (Å²) in [5.74, 6) is 0.468. The summed E-state index contributed by atoms with van der Waals surface area (Å²) in [6.45, 7) is 2.77. The molecule has 6 unspecified atom stereocenters. The highest BCUT2D eigenvalue weighted by Crippen LogP contribution is 2.36. The first kappa shape index (κ1) is 26.9. The summed E-state index contributed by atoms with van der Waals surface area (Å²) in [6.07, 6.45) is -1.62. The van der Waals surface area contributed by atoms with Gasteiger partial charge in [0, 0.05) is 13.1 Å². The number of methoxy groups -OCH3 is 1. The molecule has 0 radical (unpaired) electrons. The number of rotatable bonds is 8. The first-order chi connectivity index (χ1) is 18.3. The van der Waals surface area contributed by atoms with Crippen LogP contribution in [0.5, 0.6) is 5.75 Å². The molecule has 2 aromatic carbocycles. The summed E-state index contributed by atoms with van der Waals surface area (Å²) in [5, 5.41) is 14.1. The van der Waals surface area contributed by atoms with E-state index in [1.54, 1.807) is 18.2 Å². The minimum atomic E-state index is -3.86. The van der Waals surface area contributed by atoms with E-state index in [9.17, 15) is 18.3 Å². The molecule has 3 heterocycles. The Balaban J connectivity index is 1.31. The second-order valence-corrected chi connectivity index (χ2v) is 12.0. The number of aliphatic hydroxyl groups excluding tert-OH is 1. The Kier molecular flexibility index (Phi) is 7.92. The van der Waals surface area contributed by atoms with Crippen LogP contribution in [0.4, 0.5) is 4.79 Å². The van der Waals surface area contributed by atoms with Gasteiger partial charge in [0.2, 0.25) is 10.0 Å². The van der Waals surface area contributed by atoms with E-state index in [4.69, 9.17) is 18.9 Å². The van der Waals surface area contributed by atoms with Crippen molar-refractivity contribution in [3.05, 3.63) is 59.7 Å². The van der Waals surface area contributed by atoms with E-state index in [2.05, 4.69) is 5.32 Å². The number of β-amino-alcohol motifs (C(OH)–C–C–N with tert-alkyl or cyclic N) is 1. The largest absolute Gasteiger partial charge is 0.497 e. The van der Waals surface area contributed by atoms with Crippen molar-refractivity contribution in [1.29, 1.82) is 0 Å². The van der Waals surface area contributed by atoms with Crippen molar-refractivity contribution >= 4 is 16.1 Å². The van der Waals surface area contributed by atoms with E-state index in [-0.39, 0.29) is 42.7 Å². The molecule has 0 aliphatic carbocycles. The quantitative estimate of drug-likeness (QED) is 0.517. The highest BCUT2D eigenvalue weighted by molar-refractivity contribution is 7.89. The Bertz CT molecular complexity index is 1240. The molecule has 6 atom stereocenters. The summed E-state index contributed by atoms with van der Waals surface area (Å²) < 4.78 is 50.2. The van der Waals surface area contributed by atoms with Crippen LogP contribution in [-0.4, -0.2) is 81.9 Å². The second-order valence-electron chi connectivity index (χ2n) is 10.1. The molecule has 0 spiro atoms. The molecule has 1 amide bonds.